The van der Waals surface area contributed by atoms with Gasteiger partial charge in [-0.15, -0.1) is 0 Å². The predicted molar refractivity (Wildman–Crippen MR) is 77.2 cm³/mol. The number of aryl methyl sites for hydroxylation is 1. The molecule has 4 nitrogen and oxygen atoms in total. The Hall–Kier alpha value is -2.07. The number of benzene rings is 1. The number of hydrogen-bond acceptors (Lipinski definition) is 3. The number of carbonyl (C=O) groups excluding carboxylic acids is 1. The number of anilines is 2. The molecule has 1 heterocycles. The van der Waals surface area contributed by atoms with E-state index in [0.717, 1.165) is 5.56 Å². The molecule has 0 aliphatic heterocycles. The van der Waals surface area contributed by atoms with Gasteiger partial charge in [-0.3, -0.25) is 4.79 Å². The summed E-state index contributed by atoms with van der Waals surface area (Å²) in [4.78, 5) is 16.0. The van der Waals surface area contributed by atoms with Gasteiger partial charge in [0.05, 0.1) is 17.8 Å². The number of rotatable bonds is 3. The molecule has 1 aromatic heterocycles. The lowest BCUT2D eigenvalue weighted by Gasteiger charge is -2.08. The Morgan fingerprint density at radius 2 is 1.95 bits per heavy atom. The van der Waals surface area contributed by atoms with E-state index in [1.54, 1.807) is 31.2 Å². The molecule has 0 unspecified atom stereocenters. The van der Waals surface area contributed by atoms with E-state index in [-0.39, 0.29) is 5.91 Å². The normalized spacial score (nSPS) is 10.2. The van der Waals surface area contributed by atoms with Gasteiger partial charge in [-0.05, 0) is 36.8 Å². The van der Waals surface area contributed by atoms with Crippen molar-refractivity contribution in [1.29, 1.82) is 0 Å². The van der Waals surface area contributed by atoms with Crippen LogP contribution in [-0.4, -0.2) is 10.9 Å². The monoisotopic (exact) mass is 275 g/mol. The molecule has 0 radical (unpaired) electrons. The van der Waals surface area contributed by atoms with E-state index in [0.29, 0.717) is 28.6 Å². The van der Waals surface area contributed by atoms with Crippen molar-refractivity contribution in [3.05, 3.63) is 52.7 Å². The maximum Gasteiger partial charge on any atom is 0.228 e. The second-order valence-electron chi connectivity index (χ2n) is 4.22. The molecule has 1 amide bonds. The molecule has 0 spiro atoms. The van der Waals surface area contributed by atoms with Crippen molar-refractivity contribution < 1.29 is 4.79 Å². The second kappa shape index (κ2) is 5.71. The summed E-state index contributed by atoms with van der Waals surface area (Å²) in [6.45, 7) is 1.80. The Labute approximate surface area is 116 Å². The molecule has 0 saturated heterocycles. The summed E-state index contributed by atoms with van der Waals surface area (Å²) in [5, 5.41) is 3.47. The van der Waals surface area contributed by atoms with Crippen LogP contribution in [0.5, 0.6) is 0 Å². The molecule has 0 bridgehead atoms. The molecule has 0 aliphatic carbocycles. The Bertz CT molecular complexity index is 596. The van der Waals surface area contributed by atoms with Crippen LogP contribution in [0.25, 0.3) is 0 Å². The average Bonchev–Trinajstić information content (AvgIpc) is 2.36. The fraction of sp³-hybridized carbons (Fsp3) is 0.143. The topological polar surface area (TPSA) is 68.0 Å². The Morgan fingerprint density at radius 3 is 2.58 bits per heavy atom. The molecule has 19 heavy (non-hydrogen) atoms. The van der Waals surface area contributed by atoms with Crippen molar-refractivity contribution in [2.75, 3.05) is 11.1 Å². The summed E-state index contributed by atoms with van der Waals surface area (Å²) in [6.07, 6.45) is 0.293. The van der Waals surface area contributed by atoms with Crippen LogP contribution in [0.1, 0.15) is 11.3 Å². The molecular formula is C14H14ClN3O. The lowest BCUT2D eigenvalue weighted by atomic mass is 10.1. The van der Waals surface area contributed by atoms with Crippen molar-refractivity contribution in [3.63, 3.8) is 0 Å². The maximum atomic E-state index is 11.9. The number of carbonyl (C=O) groups is 1. The second-order valence-corrected chi connectivity index (χ2v) is 4.66. The third-order valence-electron chi connectivity index (χ3n) is 2.66. The van der Waals surface area contributed by atoms with Crippen LogP contribution in [0.15, 0.2) is 36.4 Å². The largest absolute Gasteiger partial charge is 0.384 e. The molecule has 0 aliphatic rings. The van der Waals surface area contributed by atoms with Crippen LogP contribution in [0, 0.1) is 6.92 Å². The third-order valence-corrected chi connectivity index (χ3v) is 2.91. The van der Waals surface area contributed by atoms with E-state index in [4.69, 9.17) is 17.3 Å². The SMILES string of the molecule is Cc1nc(N)ccc1NC(=O)Cc1ccc(Cl)cc1. The molecular weight excluding hydrogens is 262 g/mol. The van der Waals surface area contributed by atoms with Crippen LogP contribution in [0.2, 0.25) is 5.02 Å². The van der Waals surface area contributed by atoms with Crippen molar-refractivity contribution in [3.8, 4) is 0 Å². The highest BCUT2D eigenvalue weighted by molar-refractivity contribution is 6.30. The van der Waals surface area contributed by atoms with Crippen LogP contribution in [0.4, 0.5) is 11.5 Å². The molecule has 98 valence electrons. The summed E-state index contributed by atoms with van der Waals surface area (Å²) in [7, 11) is 0. The summed E-state index contributed by atoms with van der Waals surface area (Å²) < 4.78 is 0. The van der Waals surface area contributed by atoms with E-state index in [1.807, 2.05) is 12.1 Å². The van der Waals surface area contributed by atoms with Crippen molar-refractivity contribution in [1.82, 2.24) is 4.98 Å². The first-order valence-electron chi connectivity index (χ1n) is 5.82. The van der Waals surface area contributed by atoms with Gasteiger partial charge in [0.15, 0.2) is 0 Å². The van der Waals surface area contributed by atoms with E-state index < -0.39 is 0 Å². The first-order valence-corrected chi connectivity index (χ1v) is 6.20. The van der Waals surface area contributed by atoms with Crippen molar-refractivity contribution in [2.24, 2.45) is 0 Å². The quantitative estimate of drug-likeness (QED) is 0.905. The van der Waals surface area contributed by atoms with Gasteiger partial charge in [0.25, 0.3) is 0 Å². The van der Waals surface area contributed by atoms with Crippen LogP contribution in [0.3, 0.4) is 0 Å². The molecule has 1 aromatic carbocycles. The fourth-order valence-corrected chi connectivity index (χ4v) is 1.82. The Kier molecular flexibility index (Phi) is 4.02. The van der Waals surface area contributed by atoms with Gasteiger partial charge in [0.2, 0.25) is 5.91 Å². The van der Waals surface area contributed by atoms with Gasteiger partial charge in [0.1, 0.15) is 5.82 Å². The van der Waals surface area contributed by atoms with Gasteiger partial charge in [-0.1, -0.05) is 23.7 Å². The summed E-state index contributed by atoms with van der Waals surface area (Å²) in [5.74, 6) is 0.338. The minimum atomic E-state index is -0.100. The van der Waals surface area contributed by atoms with Gasteiger partial charge < -0.3 is 11.1 Å². The Morgan fingerprint density at radius 1 is 1.26 bits per heavy atom. The van der Waals surface area contributed by atoms with E-state index >= 15 is 0 Å². The number of aromatic nitrogens is 1. The first-order chi connectivity index (χ1) is 9.04. The maximum absolute atomic E-state index is 11.9. The molecule has 0 fully saturated rings. The minimum absolute atomic E-state index is 0.100. The van der Waals surface area contributed by atoms with E-state index in [1.165, 1.54) is 0 Å². The molecule has 2 rings (SSSR count). The fourth-order valence-electron chi connectivity index (χ4n) is 1.69. The smallest absolute Gasteiger partial charge is 0.228 e. The molecule has 3 N–H and O–H groups in total. The molecule has 0 atom stereocenters. The number of amides is 1. The van der Waals surface area contributed by atoms with Crippen LogP contribution < -0.4 is 11.1 Å². The summed E-state index contributed by atoms with van der Waals surface area (Å²) >= 11 is 5.79. The third kappa shape index (κ3) is 3.69. The van der Waals surface area contributed by atoms with E-state index in [2.05, 4.69) is 10.3 Å². The van der Waals surface area contributed by atoms with Crippen molar-refractivity contribution in [2.45, 2.75) is 13.3 Å². The molecule has 2 aromatic rings. The van der Waals surface area contributed by atoms with Gasteiger partial charge in [-0.2, -0.15) is 0 Å². The summed E-state index contributed by atoms with van der Waals surface area (Å²) in [6, 6.07) is 10.6. The Balaban J connectivity index is 2.03. The number of nitrogens with zero attached hydrogens (tertiary/aromatic N) is 1. The minimum Gasteiger partial charge on any atom is -0.384 e. The zero-order valence-electron chi connectivity index (χ0n) is 10.5. The van der Waals surface area contributed by atoms with Crippen LogP contribution in [-0.2, 0) is 11.2 Å². The molecule has 0 saturated carbocycles. The average molecular weight is 276 g/mol. The highest BCUT2D eigenvalue weighted by atomic mass is 35.5. The molecule has 5 heteroatoms. The predicted octanol–water partition coefficient (Wildman–Crippen LogP) is 2.81. The van der Waals surface area contributed by atoms with Crippen LogP contribution >= 0.6 is 11.6 Å². The number of hydrogen-bond donors (Lipinski definition) is 2. The lowest BCUT2D eigenvalue weighted by molar-refractivity contribution is -0.115. The highest BCUT2D eigenvalue weighted by Crippen LogP contribution is 2.15. The lowest BCUT2D eigenvalue weighted by Crippen LogP contribution is -2.15. The van der Waals surface area contributed by atoms with Gasteiger partial charge in [0, 0.05) is 5.02 Å². The van der Waals surface area contributed by atoms with Crippen molar-refractivity contribution >= 4 is 29.0 Å². The zero-order valence-corrected chi connectivity index (χ0v) is 11.2. The highest BCUT2D eigenvalue weighted by Gasteiger charge is 2.07. The number of halogens is 1. The number of nitrogens with one attached hydrogen (secondary N) is 1. The number of nitrogens with two attached hydrogens (primary N) is 1. The standard InChI is InChI=1S/C14H14ClN3O/c1-9-12(6-7-13(16)17-9)18-14(19)8-10-2-4-11(15)5-3-10/h2-7H,8H2,1H3,(H2,16,17)(H,18,19). The van der Waals surface area contributed by atoms with Gasteiger partial charge in [-0.25, -0.2) is 4.98 Å². The first kappa shape index (κ1) is 13.4. The number of pyridine rings is 1. The number of nitrogen functional groups attached to an aromatic ring is 1. The van der Waals surface area contributed by atoms with E-state index in [9.17, 15) is 4.79 Å². The summed E-state index contributed by atoms with van der Waals surface area (Å²) in [5.41, 5.74) is 7.84. The zero-order chi connectivity index (χ0) is 13.8. The van der Waals surface area contributed by atoms with Gasteiger partial charge >= 0.3 is 0 Å².